The molecular weight excluding hydrogens is 824 g/mol. The highest BCUT2D eigenvalue weighted by molar-refractivity contribution is 6.25. The third-order valence-electron chi connectivity index (χ3n) is 11.4. The quantitative estimate of drug-likeness (QED) is 0.0765. The number of piperidine rings is 1. The summed E-state index contributed by atoms with van der Waals surface area (Å²) >= 11 is 0. The monoisotopic (exact) mass is 864 g/mol. The van der Waals surface area contributed by atoms with Gasteiger partial charge in [-0.3, -0.25) is 44.0 Å². The summed E-state index contributed by atoms with van der Waals surface area (Å²) < 4.78 is 20.2. The summed E-state index contributed by atoms with van der Waals surface area (Å²) in [5, 5.41) is 8.38. The molecule has 5 aromatic rings. The van der Waals surface area contributed by atoms with Gasteiger partial charge in [0.05, 0.1) is 41.7 Å². The van der Waals surface area contributed by atoms with Crippen molar-refractivity contribution in [1.82, 2.24) is 30.1 Å². The van der Waals surface area contributed by atoms with Crippen molar-refractivity contribution < 1.29 is 37.9 Å². The third kappa shape index (κ3) is 8.55. The fourth-order valence-corrected chi connectivity index (χ4v) is 8.10. The summed E-state index contributed by atoms with van der Waals surface area (Å²) in [6.45, 7) is 9.81. The van der Waals surface area contributed by atoms with Gasteiger partial charge in [0.1, 0.15) is 23.3 Å². The van der Waals surface area contributed by atoms with Gasteiger partial charge in [-0.2, -0.15) is 0 Å². The van der Waals surface area contributed by atoms with Crippen LogP contribution >= 0.6 is 0 Å². The zero-order valence-corrected chi connectivity index (χ0v) is 34.6. The average molecular weight is 865 g/mol. The van der Waals surface area contributed by atoms with Crippen molar-refractivity contribution in [2.75, 3.05) is 55.4 Å². The van der Waals surface area contributed by atoms with E-state index in [-0.39, 0.29) is 59.1 Å². The second kappa shape index (κ2) is 18.5. The number of amides is 6. The molecule has 5 heterocycles. The van der Waals surface area contributed by atoms with E-state index in [0.717, 1.165) is 4.90 Å². The molecule has 17 nitrogen and oxygen atoms in total. The maximum absolute atomic E-state index is 14.9. The first-order valence-corrected chi connectivity index (χ1v) is 20.6. The van der Waals surface area contributed by atoms with Gasteiger partial charge < -0.3 is 25.2 Å². The molecule has 1 unspecified atom stereocenters. The van der Waals surface area contributed by atoms with Gasteiger partial charge in [-0.15, -0.1) is 0 Å². The number of unbranched alkanes of at least 4 members (excludes halogenated alkanes) is 1. The second-order valence-electron chi connectivity index (χ2n) is 15.2. The molecule has 2 fully saturated rings. The number of hydrogen-bond donors (Lipinski definition) is 3. The molecule has 1 atom stereocenters. The van der Waals surface area contributed by atoms with E-state index in [0.29, 0.717) is 79.4 Å². The zero-order valence-electron chi connectivity index (χ0n) is 34.6. The van der Waals surface area contributed by atoms with Gasteiger partial charge in [0.15, 0.2) is 11.5 Å². The van der Waals surface area contributed by atoms with Crippen molar-refractivity contribution in [3.63, 3.8) is 0 Å². The molecular formula is C46H41FN10O7. The Labute approximate surface area is 366 Å². The lowest BCUT2D eigenvalue weighted by Crippen LogP contribution is -2.54. The number of benzene rings is 3. The van der Waals surface area contributed by atoms with Crippen molar-refractivity contribution in [3.8, 4) is 28.3 Å². The van der Waals surface area contributed by atoms with Gasteiger partial charge in [0.2, 0.25) is 17.7 Å². The number of pyridine rings is 1. The van der Waals surface area contributed by atoms with Gasteiger partial charge in [-0.25, -0.2) is 19.2 Å². The lowest BCUT2D eigenvalue weighted by Gasteiger charge is -2.37. The average Bonchev–Trinajstić information content (AvgIpc) is 3.57. The molecule has 0 saturated carbocycles. The Bertz CT molecular complexity index is 2750. The number of rotatable bonds is 13. The number of carbonyl (C=O) groups excluding carboxylic acids is 6. The topological polar surface area (TPSA) is 200 Å². The highest BCUT2D eigenvalue weighted by atomic mass is 19.1. The lowest BCUT2D eigenvalue weighted by atomic mass is 10.0. The molecule has 2 aromatic heterocycles. The molecule has 3 aliphatic heterocycles. The van der Waals surface area contributed by atoms with Crippen LogP contribution in [-0.2, 0) is 14.4 Å². The van der Waals surface area contributed by atoms with E-state index in [9.17, 15) is 33.2 Å². The van der Waals surface area contributed by atoms with Crippen LogP contribution in [0.15, 0.2) is 85.3 Å². The number of anilines is 3. The first-order valence-electron chi connectivity index (χ1n) is 20.6. The van der Waals surface area contributed by atoms with E-state index in [4.69, 9.17) is 11.3 Å². The predicted octanol–water partition coefficient (Wildman–Crippen LogP) is 5.49. The molecule has 6 amide bonds. The Balaban J connectivity index is 0.902. The number of ether oxygens (including phenoxy) is 1. The zero-order chi connectivity index (χ0) is 44.9. The summed E-state index contributed by atoms with van der Waals surface area (Å²) in [5.41, 5.74) is 3.67. The smallest absolute Gasteiger partial charge is 0.274 e. The number of halogens is 1. The fraction of sp³-hybridized carbons (Fsp3) is 0.261. The standard InChI is InChI=1S/C46H41FN10O7/c1-48-31-16-19-49-26-29(31)27-12-13-32(53-43(60)34-17-20-51-42(52-34)41-30(47)8-6-10-37(41)64-2)36(25-27)55-21-23-56(24-22-55)39(59)11-3-4-18-50-33-9-5-7-28-40(33)46(63)57(45(28)62)35-14-15-38(58)54-44(35)61/h5-10,12-13,16-17,19-20,25-26,35,50H,3-4,11,14-15,18,21-24H2,2H3,(H,53,60)(H,54,58,61). The number of hydrogen-bond acceptors (Lipinski definition) is 12. The lowest BCUT2D eigenvalue weighted by molar-refractivity contribution is -0.136. The maximum Gasteiger partial charge on any atom is 0.274 e. The largest absolute Gasteiger partial charge is 0.496 e. The number of methoxy groups -OCH3 is 1. The predicted molar refractivity (Wildman–Crippen MR) is 232 cm³/mol. The summed E-state index contributed by atoms with van der Waals surface area (Å²) in [6, 6.07) is 16.6. The third-order valence-corrected chi connectivity index (χ3v) is 11.4. The van der Waals surface area contributed by atoms with E-state index in [1.807, 2.05) is 6.07 Å². The van der Waals surface area contributed by atoms with Crippen LogP contribution in [0.2, 0.25) is 0 Å². The van der Waals surface area contributed by atoms with E-state index in [1.54, 1.807) is 53.7 Å². The van der Waals surface area contributed by atoms with E-state index in [2.05, 4.69) is 40.6 Å². The minimum Gasteiger partial charge on any atom is -0.496 e. The van der Waals surface area contributed by atoms with Crippen LogP contribution in [0.4, 0.5) is 27.1 Å². The molecule has 3 aliphatic rings. The van der Waals surface area contributed by atoms with E-state index in [1.165, 1.54) is 37.6 Å². The molecule has 324 valence electrons. The van der Waals surface area contributed by atoms with Crippen LogP contribution in [0.5, 0.6) is 5.75 Å². The maximum atomic E-state index is 14.9. The van der Waals surface area contributed by atoms with Crippen molar-refractivity contribution in [3.05, 3.63) is 119 Å². The molecule has 18 heteroatoms. The van der Waals surface area contributed by atoms with Gasteiger partial charge in [-0.1, -0.05) is 18.2 Å². The molecule has 0 spiro atoms. The molecule has 0 bridgehead atoms. The number of nitrogens with one attached hydrogen (secondary N) is 3. The SMILES string of the molecule is [C-]#[N+]c1ccncc1-c1ccc(NC(=O)c2ccnc(-c3c(F)cccc3OC)n2)c(N2CCN(C(=O)CCCCNc3cccc4c3C(=O)N(C3CCC(=O)NC3=O)C4=O)CC2)c1. The Morgan fingerprint density at radius 2 is 1.73 bits per heavy atom. The van der Waals surface area contributed by atoms with Crippen LogP contribution in [-0.4, -0.2) is 106 Å². The number of nitrogens with zero attached hydrogens (tertiary/aromatic N) is 7. The molecule has 3 aromatic carbocycles. The first kappa shape index (κ1) is 42.6. The highest BCUT2D eigenvalue weighted by Crippen LogP contribution is 2.37. The molecule has 0 aliphatic carbocycles. The Morgan fingerprint density at radius 3 is 2.52 bits per heavy atom. The first-order chi connectivity index (χ1) is 31.1. The molecule has 2 saturated heterocycles. The van der Waals surface area contributed by atoms with Crippen LogP contribution in [0.25, 0.3) is 27.4 Å². The Morgan fingerprint density at radius 1 is 0.922 bits per heavy atom. The van der Waals surface area contributed by atoms with Gasteiger partial charge >= 0.3 is 0 Å². The van der Waals surface area contributed by atoms with E-state index >= 15 is 0 Å². The minimum atomic E-state index is -1.06. The van der Waals surface area contributed by atoms with Crippen molar-refractivity contribution >= 4 is 58.2 Å². The molecule has 0 radical (unpaired) electrons. The summed E-state index contributed by atoms with van der Waals surface area (Å²) in [4.78, 5) is 99.2. The normalized spacial score (nSPS) is 16.0. The Kier molecular flexibility index (Phi) is 12.3. The van der Waals surface area contributed by atoms with Crippen LogP contribution < -0.4 is 25.6 Å². The van der Waals surface area contributed by atoms with Crippen LogP contribution in [0.3, 0.4) is 0 Å². The summed E-state index contributed by atoms with van der Waals surface area (Å²) in [7, 11) is 1.40. The number of carbonyl (C=O) groups is 6. The summed E-state index contributed by atoms with van der Waals surface area (Å²) in [6.07, 6.45) is 6.05. The van der Waals surface area contributed by atoms with Crippen molar-refractivity contribution in [2.45, 2.75) is 38.1 Å². The second-order valence-corrected chi connectivity index (χ2v) is 15.2. The van der Waals surface area contributed by atoms with Crippen LogP contribution in [0.1, 0.15) is 63.3 Å². The fourth-order valence-electron chi connectivity index (χ4n) is 8.10. The van der Waals surface area contributed by atoms with E-state index < -0.39 is 41.4 Å². The van der Waals surface area contributed by atoms with Crippen LogP contribution in [0, 0.1) is 12.4 Å². The van der Waals surface area contributed by atoms with Gasteiger partial charge in [-0.05, 0) is 73.4 Å². The summed E-state index contributed by atoms with van der Waals surface area (Å²) in [5.74, 6) is -3.30. The highest BCUT2D eigenvalue weighted by Gasteiger charge is 2.45. The number of piperazine rings is 1. The van der Waals surface area contributed by atoms with Crippen molar-refractivity contribution in [1.29, 1.82) is 0 Å². The van der Waals surface area contributed by atoms with Gasteiger partial charge in [0, 0.05) is 75.4 Å². The number of fused-ring (bicyclic) bond motifs is 1. The van der Waals surface area contributed by atoms with Gasteiger partial charge in [0.25, 0.3) is 17.7 Å². The Hall–Kier alpha value is -8.07. The molecule has 3 N–H and O–H groups in total. The molecule has 8 rings (SSSR count). The number of imide groups is 2. The molecule has 64 heavy (non-hydrogen) atoms. The minimum absolute atomic E-state index is 0.00816. The number of aromatic nitrogens is 3. The van der Waals surface area contributed by atoms with Crippen molar-refractivity contribution in [2.24, 2.45) is 0 Å².